The van der Waals surface area contributed by atoms with Crippen molar-refractivity contribution in [3.05, 3.63) is 63.2 Å². The van der Waals surface area contributed by atoms with Crippen LogP contribution in [0.25, 0.3) is 0 Å². The lowest BCUT2D eigenvalue weighted by Crippen LogP contribution is -2.30. The van der Waals surface area contributed by atoms with Crippen molar-refractivity contribution < 1.29 is 24.0 Å². The smallest absolute Gasteiger partial charge is 0.340 e. The normalized spacial score (nSPS) is 11.4. The first-order valence-corrected chi connectivity index (χ1v) is 10.3. The number of thioether (sulfide) groups is 1. The topological polar surface area (TPSA) is 119 Å². The highest BCUT2D eigenvalue weighted by atomic mass is 35.5. The van der Waals surface area contributed by atoms with Crippen LogP contribution in [0, 0.1) is 10.1 Å². The molecule has 2 amide bonds. The van der Waals surface area contributed by atoms with Gasteiger partial charge in [-0.05, 0) is 25.1 Å². The van der Waals surface area contributed by atoms with E-state index < -0.39 is 22.9 Å². The number of non-ortho nitro benzene ring substituents is 1. The van der Waals surface area contributed by atoms with Crippen LogP contribution in [0.1, 0.15) is 17.3 Å². The average Bonchev–Trinajstić information content (AvgIpc) is 2.73. The van der Waals surface area contributed by atoms with Crippen LogP contribution >= 0.6 is 23.4 Å². The van der Waals surface area contributed by atoms with Crippen molar-refractivity contribution in [2.75, 3.05) is 25.2 Å². The highest BCUT2D eigenvalue weighted by molar-refractivity contribution is 8.00. The number of nitro benzene ring substituents is 1. The lowest BCUT2D eigenvalue weighted by atomic mass is 10.2. The Hall–Kier alpha value is -3.11. The largest absolute Gasteiger partial charge is 0.449 e. The minimum absolute atomic E-state index is 0.0200. The summed E-state index contributed by atoms with van der Waals surface area (Å²) in [5, 5.41) is 13.2. The number of halogens is 1. The van der Waals surface area contributed by atoms with Crippen LogP contribution in [-0.2, 0) is 14.3 Å². The van der Waals surface area contributed by atoms with Gasteiger partial charge in [0.2, 0.25) is 5.91 Å². The number of carbonyl (C=O) groups is 3. The summed E-state index contributed by atoms with van der Waals surface area (Å²) in [6.07, 6.45) is -1.17. The summed E-state index contributed by atoms with van der Waals surface area (Å²) in [6.45, 7) is 1.39. The van der Waals surface area contributed by atoms with Gasteiger partial charge >= 0.3 is 5.97 Å². The fourth-order valence-corrected chi connectivity index (χ4v) is 3.50. The number of nitrogens with zero attached hydrogens (tertiary/aromatic N) is 2. The molecule has 11 heteroatoms. The van der Waals surface area contributed by atoms with E-state index >= 15 is 0 Å². The van der Waals surface area contributed by atoms with Gasteiger partial charge in [-0.25, -0.2) is 4.79 Å². The molecule has 9 nitrogen and oxygen atoms in total. The Morgan fingerprint density at radius 1 is 1.23 bits per heavy atom. The van der Waals surface area contributed by atoms with Crippen molar-refractivity contribution in [1.82, 2.24) is 4.90 Å². The Morgan fingerprint density at radius 3 is 2.52 bits per heavy atom. The highest BCUT2D eigenvalue weighted by Gasteiger charge is 2.22. The van der Waals surface area contributed by atoms with Crippen LogP contribution in [0.2, 0.25) is 5.02 Å². The summed E-state index contributed by atoms with van der Waals surface area (Å²) in [5.41, 5.74) is 0.162. The SMILES string of the molecule is C[C@H](OC(=O)c1ccccc1SCC(=O)N(C)C)C(=O)Nc1ccc([N+](=O)[O-])cc1Cl. The van der Waals surface area contributed by atoms with Gasteiger partial charge in [0, 0.05) is 31.1 Å². The molecule has 2 aromatic rings. The molecule has 0 unspecified atom stereocenters. The van der Waals surface area contributed by atoms with Crippen LogP contribution in [0.15, 0.2) is 47.4 Å². The molecule has 0 saturated heterocycles. The summed E-state index contributed by atoms with van der Waals surface area (Å²) < 4.78 is 5.26. The van der Waals surface area contributed by atoms with Crippen LogP contribution in [0.4, 0.5) is 11.4 Å². The number of benzene rings is 2. The fourth-order valence-electron chi connectivity index (χ4n) is 2.26. The maximum atomic E-state index is 12.6. The van der Waals surface area contributed by atoms with Gasteiger partial charge in [0.1, 0.15) is 0 Å². The third-order valence-corrected chi connectivity index (χ3v) is 5.40. The molecular weight excluding hydrogens is 446 g/mol. The molecule has 2 aromatic carbocycles. The first-order chi connectivity index (χ1) is 14.6. The monoisotopic (exact) mass is 465 g/mol. The van der Waals surface area contributed by atoms with Gasteiger partial charge in [0.15, 0.2) is 6.10 Å². The predicted octanol–water partition coefficient (Wildman–Crippen LogP) is 3.61. The Balaban J connectivity index is 2.04. The maximum Gasteiger partial charge on any atom is 0.340 e. The third-order valence-electron chi connectivity index (χ3n) is 4.03. The van der Waals surface area contributed by atoms with Crippen molar-refractivity contribution in [2.45, 2.75) is 17.9 Å². The Labute approximate surface area is 187 Å². The van der Waals surface area contributed by atoms with Crippen molar-refractivity contribution in [2.24, 2.45) is 0 Å². The van der Waals surface area contributed by atoms with Gasteiger partial charge in [-0.15, -0.1) is 11.8 Å². The molecule has 0 heterocycles. The number of esters is 1. The van der Waals surface area contributed by atoms with E-state index in [1.807, 2.05) is 0 Å². The van der Waals surface area contributed by atoms with Gasteiger partial charge in [0.05, 0.1) is 26.9 Å². The van der Waals surface area contributed by atoms with Crippen LogP contribution in [-0.4, -0.2) is 53.6 Å². The number of rotatable bonds is 8. The number of nitro groups is 1. The first-order valence-electron chi connectivity index (χ1n) is 8.98. The van der Waals surface area contributed by atoms with Crippen molar-refractivity contribution in [1.29, 1.82) is 0 Å². The van der Waals surface area contributed by atoms with Crippen molar-refractivity contribution in [3.63, 3.8) is 0 Å². The second-order valence-corrected chi connectivity index (χ2v) is 7.96. The van der Waals surface area contributed by atoms with E-state index in [1.165, 1.54) is 35.7 Å². The molecule has 0 aliphatic heterocycles. The molecule has 31 heavy (non-hydrogen) atoms. The lowest BCUT2D eigenvalue weighted by Gasteiger charge is -2.16. The number of anilines is 1. The molecule has 1 N–H and O–H groups in total. The Morgan fingerprint density at radius 2 is 1.90 bits per heavy atom. The summed E-state index contributed by atoms with van der Waals surface area (Å²) in [7, 11) is 3.28. The quantitative estimate of drug-likeness (QED) is 0.273. The maximum absolute atomic E-state index is 12.6. The van der Waals surface area contributed by atoms with Gasteiger partial charge in [0.25, 0.3) is 11.6 Å². The molecule has 2 rings (SSSR count). The van der Waals surface area contributed by atoms with Gasteiger partial charge in [-0.2, -0.15) is 0 Å². The zero-order valence-corrected chi connectivity index (χ0v) is 18.5. The van der Waals surface area contributed by atoms with Crippen LogP contribution in [0.3, 0.4) is 0 Å². The van der Waals surface area contributed by atoms with E-state index in [0.717, 1.165) is 6.07 Å². The first kappa shape index (κ1) is 24.2. The van der Waals surface area contributed by atoms with E-state index in [1.54, 1.807) is 38.4 Å². The van der Waals surface area contributed by atoms with Gasteiger partial charge < -0.3 is 15.0 Å². The molecule has 0 saturated carbocycles. The van der Waals surface area contributed by atoms with Gasteiger partial charge in [-0.3, -0.25) is 19.7 Å². The van der Waals surface area contributed by atoms with E-state index in [9.17, 15) is 24.5 Å². The zero-order chi connectivity index (χ0) is 23.1. The molecule has 0 fully saturated rings. The van der Waals surface area contributed by atoms with E-state index in [2.05, 4.69) is 5.32 Å². The minimum Gasteiger partial charge on any atom is -0.449 e. The molecule has 0 aliphatic rings. The van der Waals surface area contributed by atoms with E-state index in [-0.39, 0.29) is 33.6 Å². The number of ether oxygens (including phenoxy) is 1. The highest BCUT2D eigenvalue weighted by Crippen LogP contribution is 2.27. The number of hydrogen-bond donors (Lipinski definition) is 1. The summed E-state index contributed by atoms with van der Waals surface area (Å²) in [6, 6.07) is 10.2. The summed E-state index contributed by atoms with van der Waals surface area (Å²) in [4.78, 5) is 49.0. The summed E-state index contributed by atoms with van der Waals surface area (Å²) in [5.74, 6) is -1.35. The molecule has 164 valence electrons. The van der Waals surface area contributed by atoms with Crippen molar-refractivity contribution >= 4 is 52.5 Å². The van der Waals surface area contributed by atoms with Crippen molar-refractivity contribution in [3.8, 4) is 0 Å². The van der Waals surface area contributed by atoms with Crippen LogP contribution in [0.5, 0.6) is 0 Å². The molecule has 0 spiro atoms. The number of amides is 2. The van der Waals surface area contributed by atoms with Gasteiger partial charge in [-0.1, -0.05) is 23.7 Å². The molecule has 0 radical (unpaired) electrons. The molecule has 0 aliphatic carbocycles. The zero-order valence-electron chi connectivity index (χ0n) is 17.0. The Bertz CT molecular complexity index is 1010. The molecular formula is C20H20ClN3O6S. The van der Waals surface area contributed by atoms with Crippen LogP contribution < -0.4 is 5.32 Å². The van der Waals surface area contributed by atoms with E-state index in [4.69, 9.17) is 16.3 Å². The average molecular weight is 466 g/mol. The van der Waals surface area contributed by atoms with E-state index in [0.29, 0.717) is 4.90 Å². The minimum atomic E-state index is -1.17. The third kappa shape index (κ3) is 6.69. The molecule has 0 bridgehead atoms. The second-order valence-electron chi connectivity index (χ2n) is 6.53. The fraction of sp³-hybridized carbons (Fsp3) is 0.250. The molecule has 0 aromatic heterocycles. The predicted molar refractivity (Wildman–Crippen MR) is 117 cm³/mol. The lowest BCUT2D eigenvalue weighted by molar-refractivity contribution is -0.384. The second kappa shape index (κ2) is 10.8. The summed E-state index contributed by atoms with van der Waals surface area (Å²) >= 11 is 7.16. The number of hydrogen-bond acceptors (Lipinski definition) is 7. The number of nitrogens with one attached hydrogen (secondary N) is 1. The number of carbonyl (C=O) groups excluding carboxylic acids is 3. The molecule has 1 atom stereocenters. The standard InChI is InChI=1S/C20H20ClN3O6S/c1-12(19(26)22-16-9-8-13(24(28)29)10-15(16)21)30-20(27)14-6-4-5-7-17(14)31-11-18(25)23(2)3/h4-10,12H,11H2,1-3H3,(H,22,26)/t12-/m0/s1. The Kier molecular flexibility index (Phi) is 8.40.